The van der Waals surface area contributed by atoms with E-state index < -0.39 is 0 Å². The summed E-state index contributed by atoms with van der Waals surface area (Å²) < 4.78 is 11.0. The van der Waals surface area contributed by atoms with Crippen molar-refractivity contribution in [2.24, 2.45) is 17.6 Å². The molecule has 3 N–H and O–H groups in total. The number of carbonyl (C=O) groups is 1. The van der Waals surface area contributed by atoms with Gasteiger partial charge in [-0.05, 0) is 62.1 Å². The summed E-state index contributed by atoms with van der Waals surface area (Å²) in [6, 6.07) is 6.25. The maximum absolute atomic E-state index is 12.4. The predicted molar refractivity (Wildman–Crippen MR) is 93.2 cm³/mol. The lowest BCUT2D eigenvalue weighted by Crippen LogP contribution is -2.54. The summed E-state index contributed by atoms with van der Waals surface area (Å²) in [5, 5.41) is 3.20. The zero-order valence-electron chi connectivity index (χ0n) is 14.6. The number of amides is 1. The number of benzene rings is 1. The summed E-state index contributed by atoms with van der Waals surface area (Å²) in [6.45, 7) is 2.01. The number of ether oxygens (including phenoxy) is 2. The highest BCUT2D eigenvalue weighted by atomic mass is 16.5. The molecule has 0 aliphatic heterocycles. The van der Waals surface area contributed by atoms with Gasteiger partial charge in [0.05, 0.1) is 7.11 Å². The fraction of sp³-hybridized carbons (Fsp3) is 0.632. The van der Waals surface area contributed by atoms with Gasteiger partial charge in [0.2, 0.25) is 0 Å². The highest BCUT2D eigenvalue weighted by molar-refractivity contribution is 5.78. The van der Waals surface area contributed by atoms with Crippen LogP contribution in [0, 0.1) is 18.8 Å². The minimum absolute atomic E-state index is 0.0153. The molecule has 1 aromatic carbocycles. The minimum atomic E-state index is -0.0602. The quantitative estimate of drug-likeness (QED) is 0.868. The van der Waals surface area contributed by atoms with Crippen molar-refractivity contribution in [3.8, 4) is 11.5 Å². The first-order valence-corrected chi connectivity index (χ1v) is 8.89. The third-order valence-electron chi connectivity index (χ3n) is 5.38. The molecule has 24 heavy (non-hydrogen) atoms. The molecular weight excluding hydrogens is 304 g/mol. The highest BCUT2D eigenvalue weighted by Gasteiger charge is 2.39. The standard InChI is InChI=1S/C19H28N2O3/c1-12-6-7-16(17(8-12)23-2)24-11-18(22)21-19-13-4-3-5-14(19)10-15(20)9-13/h6-8,13-15,19H,3-5,9-11,20H2,1-2H3,(H,21,22). The summed E-state index contributed by atoms with van der Waals surface area (Å²) >= 11 is 0. The summed E-state index contributed by atoms with van der Waals surface area (Å²) in [4.78, 5) is 12.4. The van der Waals surface area contributed by atoms with Gasteiger partial charge in [0.1, 0.15) is 0 Å². The molecule has 1 aromatic rings. The minimum Gasteiger partial charge on any atom is -0.493 e. The van der Waals surface area contributed by atoms with Crippen LogP contribution >= 0.6 is 0 Å². The van der Waals surface area contributed by atoms with Crippen LogP contribution in [0.15, 0.2) is 18.2 Å². The Hall–Kier alpha value is -1.75. The van der Waals surface area contributed by atoms with Crippen LogP contribution in [0.2, 0.25) is 0 Å². The van der Waals surface area contributed by atoms with E-state index in [9.17, 15) is 4.79 Å². The largest absolute Gasteiger partial charge is 0.493 e. The first-order valence-electron chi connectivity index (χ1n) is 8.89. The van der Waals surface area contributed by atoms with Crippen molar-refractivity contribution >= 4 is 5.91 Å². The van der Waals surface area contributed by atoms with E-state index in [0.717, 1.165) is 18.4 Å². The van der Waals surface area contributed by atoms with Crippen LogP contribution in [-0.2, 0) is 4.79 Å². The van der Waals surface area contributed by atoms with Gasteiger partial charge < -0.3 is 20.5 Å². The van der Waals surface area contributed by atoms with E-state index in [1.807, 2.05) is 25.1 Å². The smallest absolute Gasteiger partial charge is 0.258 e. The Bertz CT molecular complexity index is 576. The molecule has 2 fully saturated rings. The average Bonchev–Trinajstić information content (AvgIpc) is 2.54. The Morgan fingerprint density at radius 2 is 1.96 bits per heavy atom. The Labute approximate surface area is 143 Å². The van der Waals surface area contributed by atoms with Crippen LogP contribution in [-0.4, -0.2) is 31.7 Å². The van der Waals surface area contributed by atoms with E-state index in [1.54, 1.807) is 7.11 Å². The Morgan fingerprint density at radius 3 is 2.62 bits per heavy atom. The number of methoxy groups -OCH3 is 1. The third-order valence-corrected chi connectivity index (χ3v) is 5.38. The van der Waals surface area contributed by atoms with E-state index >= 15 is 0 Å². The molecule has 0 spiro atoms. The summed E-state index contributed by atoms with van der Waals surface area (Å²) in [5.41, 5.74) is 7.24. The van der Waals surface area contributed by atoms with Crippen LogP contribution in [0.3, 0.4) is 0 Å². The molecule has 1 amide bonds. The maximum atomic E-state index is 12.4. The third kappa shape index (κ3) is 3.83. The molecule has 2 aliphatic rings. The number of nitrogens with two attached hydrogens (primary N) is 1. The Kier molecular flexibility index (Phi) is 5.29. The van der Waals surface area contributed by atoms with E-state index in [2.05, 4.69) is 5.32 Å². The Balaban J connectivity index is 1.56. The second kappa shape index (κ2) is 7.43. The van der Waals surface area contributed by atoms with Gasteiger partial charge in [0.25, 0.3) is 5.91 Å². The molecular formula is C19H28N2O3. The number of hydrogen-bond acceptors (Lipinski definition) is 4. The fourth-order valence-corrected chi connectivity index (χ4v) is 4.29. The van der Waals surface area contributed by atoms with Crippen molar-refractivity contribution in [2.45, 2.75) is 51.1 Å². The van der Waals surface area contributed by atoms with E-state index in [0.29, 0.717) is 29.4 Å². The van der Waals surface area contributed by atoms with E-state index in [1.165, 1.54) is 19.3 Å². The molecule has 3 rings (SSSR count). The van der Waals surface area contributed by atoms with Gasteiger partial charge in [-0.2, -0.15) is 0 Å². The fourth-order valence-electron chi connectivity index (χ4n) is 4.29. The van der Waals surface area contributed by atoms with Crippen molar-refractivity contribution in [1.29, 1.82) is 0 Å². The summed E-state index contributed by atoms with van der Waals surface area (Å²) in [5.74, 6) is 2.23. The van der Waals surface area contributed by atoms with Gasteiger partial charge in [0.15, 0.2) is 18.1 Å². The van der Waals surface area contributed by atoms with E-state index in [-0.39, 0.29) is 18.6 Å². The number of hydrogen-bond donors (Lipinski definition) is 2. The van der Waals surface area contributed by atoms with Gasteiger partial charge >= 0.3 is 0 Å². The zero-order valence-corrected chi connectivity index (χ0v) is 14.6. The highest BCUT2D eigenvalue weighted by Crippen LogP contribution is 2.39. The van der Waals surface area contributed by atoms with Gasteiger partial charge in [-0.15, -0.1) is 0 Å². The number of rotatable bonds is 5. The van der Waals surface area contributed by atoms with Crippen molar-refractivity contribution in [3.63, 3.8) is 0 Å². The van der Waals surface area contributed by atoms with Crippen LogP contribution in [0.4, 0.5) is 0 Å². The van der Waals surface area contributed by atoms with Crippen LogP contribution in [0.5, 0.6) is 11.5 Å². The maximum Gasteiger partial charge on any atom is 0.258 e. The molecule has 0 saturated heterocycles. The van der Waals surface area contributed by atoms with Gasteiger partial charge in [-0.25, -0.2) is 0 Å². The van der Waals surface area contributed by atoms with Crippen LogP contribution in [0.1, 0.15) is 37.7 Å². The lowest BCUT2D eigenvalue weighted by Gasteiger charge is -2.45. The lowest BCUT2D eigenvalue weighted by molar-refractivity contribution is -0.125. The number of nitrogens with one attached hydrogen (secondary N) is 1. The molecule has 2 aliphatic carbocycles. The van der Waals surface area contributed by atoms with E-state index in [4.69, 9.17) is 15.2 Å². The molecule has 5 nitrogen and oxygen atoms in total. The molecule has 2 bridgehead atoms. The molecule has 2 saturated carbocycles. The topological polar surface area (TPSA) is 73.6 Å². The first kappa shape index (κ1) is 17.1. The second-order valence-electron chi connectivity index (χ2n) is 7.22. The van der Waals surface area contributed by atoms with Crippen LogP contribution < -0.4 is 20.5 Å². The van der Waals surface area contributed by atoms with Crippen molar-refractivity contribution < 1.29 is 14.3 Å². The van der Waals surface area contributed by atoms with Crippen molar-refractivity contribution in [3.05, 3.63) is 23.8 Å². The number of fused-ring (bicyclic) bond motifs is 2. The number of carbonyl (C=O) groups excluding carboxylic acids is 1. The van der Waals surface area contributed by atoms with Crippen LogP contribution in [0.25, 0.3) is 0 Å². The Morgan fingerprint density at radius 1 is 1.25 bits per heavy atom. The lowest BCUT2D eigenvalue weighted by atomic mass is 9.67. The summed E-state index contributed by atoms with van der Waals surface area (Å²) in [6.07, 6.45) is 5.64. The normalized spacial score (nSPS) is 29.0. The molecule has 2 atom stereocenters. The molecule has 2 unspecified atom stereocenters. The zero-order chi connectivity index (χ0) is 17.1. The average molecular weight is 332 g/mol. The summed E-state index contributed by atoms with van der Waals surface area (Å²) in [7, 11) is 1.61. The molecule has 5 heteroatoms. The molecule has 0 heterocycles. The number of aryl methyl sites for hydroxylation is 1. The molecule has 0 radical (unpaired) electrons. The second-order valence-corrected chi connectivity index (χ2v) is 7.22. The van der Waals surface area contributed by atoms with Gasteiger partial charge in [0, 0.05) is 12.1 Å². The van der Waals surface area contributed by atoms with Gasteiger partial charge in [-0.3, -0.25) is 4.79 Å². The predicted octanol–water partition coefficient (Wildman–Crippen LogP) is 2.40. The molecule has 132 valence electrons. The SMILES string of the molecule is COc1cc(C)ccc1OCC(=O)NC1C2CCCC1CC(N)C2. The van der Waals surface area contributed by atoms with Gasteiger partial charge in [-0.1, -0.05) is 12.5 Å². The first-order chi connectivity index (χ1) is 11.6. The monoisotopic (exact) mass is 332 g/mol. The van der Waals surface area contributed by atoms with Crippen molar-refractivity contribution in [1.82, 2.24) is 5.32 Å². The molecule has 0 aromatic heterocycles. The van der Waals surface area contributed by atoms with Crippen molar-refractivity contribution in [2.75, 3.05) is 13.7 Å².